The highest BCUT2D eigenvalue weighted by atomic mass is 35.5. The fraction of sp³-hybridized carbons (Fsp3) is 0.346. The number of thiazole rings is 1. The number of rotatable bonds is 6. The third-order valence-corrected chi connectivity index (χ3v) is 9.48. The zero-order chi connectivity index (χ0) is 26.6. The molecule has 0 N–H and O–H groups in total. The van der Waals surface area contributed by atoms with E-state index in [0.717, 1.165) is 28.5 Å². The fourth-order valence-electron chi connectivity index (χ4n) is 4.27. The van der Waals surface area contributed by atoms with Gasteiger partial charge in [-0.3, -0.25) is 4.79 Å². The summed E-state index contributed by atoms with van der Waals surface area (Å²) in [4.78, 5) is 32.2. The molecule has 0 bridgehead atoms. The van der Waals surface area contributed by atoms with E-state index >= 15 is 0 Å². The minimum Gasteiger partial charge on any atom is -0.417 e. The van der Waals surface area contributed by atoms with E-state index in [1.165, 1.54) is 17.6 Å². The van der Waals surface area contributed by atoms with Crippen LogP contribution in [-0.2, 0) is 26.4 Å². The number of amides is 2. The molecule has 1 aliphatic heterocycles. The third kappa shape index (κ3) is 6.68. The second-order valence-corrected chi connectivity index (χ2v) is 12.5. The molecule has 0 unspecified atom stereocenters. The first-order chi connectivity index (χ1) is 17.7. The summed E-state index contributed by atoms with van der Waals surface area (Å²) in [6.07, 6.45) is 5.64. The second kappa shape index (κ2) is 11.6. The molecule has 1 aliphatic rings. The van der Waals surface area contributed by atoms with Gasteiger partial charge in [0.25, 0.3) is 0 Å². The zero-order valence-corrected chi connectivity index (χ0v) is 23.0. The van der Waals surface area contributed by atoms with Crippen molar-refractivity contribution in [1.82, 2.24) is 9.47 Å². The number of aromatic nitrogens is 1. The second-order valence-electron chi connectivity index (χ2n) is 8.87. The number of halogens is 1. The Morgan fingerprint density at radius 3 is 2.59 bits per heavy atom. The van der Waals surface area contributed by atoms with Crippen molar-refractivity contribution in [2.24, 2.45) is 12.0 Å². The van der Waals surface area contributed by atoms with Gasteiger partial charge in [-0.1, -0.05) is 29.8 Å². The molecule has 196 valence electrons. The average molecular weight is 562 g/mol. The van der Waals surface area contributed by atoms with Crippen molar-refractivity contribution in [3.05, 3.63) is 69.6 Å². The van der Waals surface area contributed by atoms with E-state index < -0.39 is 15.9 Å². The lowest BCUT2D eigenvalue weighted by molar-refractivity contribution is -0.131. The molecule has 0 radical (unpaired) electrons. The Kier molecular flexibility index (Phi) is 8.51. The van der Waals surface area contributed by atoms with E-state index in [0.29, 0.717) is 22.9 Å². The van der Waals surface area contributed by atoms with Crippen LogP contribution in [0.2, 0.25) is 5.02 Å². The number of likely N-dealkylation sites (tertiary alicyclic amines) is 1. The summed E-state index contributed by atoms with van der Waals surface area (Å²) in [5.41, 5.74) is 0. The molecule has 1 aromatic heterocycles. The molecule has 2 heterocycles. The number of carbonyl (C=O) groups is 2. The minimum atomic E-state index is -3.60. The Hall–Kier alpha value is -2.95. The highest BCUT2D eigenvalue weighted by molar-refractivity contribution is 7.91. The van der Waals surface area contributed by atoms with E-state index in [1.807, 2.05) is 13.2 Å². The number of piperidine rings is 1. The lowest BCUT2D eigenvalue weighted by atomic mass is 9.95. The van der Waals surface area contributed by atoms with Crippen LogP contribution < -0.4 is 4.80 Å². The van der Waals surface area contributed by atoms with Crippen molar-refractivity contribution < 1.29 is 22.7 Å². The molecule has 1 fully saturated rings. The number of ether oxygens (including phenoxy) is 1. The summed E-state index contributed by atoms with van der Waals surface area (Å²) < 4.78 is 32.4. The Balaban J connectivity index is 1.33. The SMILES string of the molecule is C/C=C/OC(=O)N=c1sc(C2CCN(C(=O)CCS(=O)(=O)c3ccc4cc(Cl)ccc4c3)CC2)cn1C. The minimum absolute atomic E-state index is 0.0586. The predicted molar refractivity (Wildman–Crippen MR) is 144 cm³/mol. The molecule has 37 heavy (non-hydrogen) atoms. The van der Waals surface area contributed by atoms with Crippen LogP contribution in [-0.4, -0.2) is 48.7 Å². The van der Waals surface area contributed by atoms with Crippen molar-refractivity contribution in [2.45, 2.75) is 37.0 Å². The summed E-state index contributed by atoms with van der Waals surface area (Å²) in [6, 6.07) is 10.2. The lowest BCUT2D eigenvalue weighted by Crippen LogP contribution is -2.38. The molecule has 3 aromatic rings. The van der Waals surface area contributed by atoms with E-state index in [9.17, 15) is 18.0 Å². The third-order valence-electron chi connectivity index (χ3n) is 6.29. The summed E-state index contributed by atoms with van der Waals surface area (Å²) in [6.45, 7) is 2.85. The quantitative estimate of drug-likeness (QED) is 0.393. The highest BCUT2D eigenvalue weighted by Crippen LogP contribution is 2.30. The number of hydrogen-bond donors (Lipinski definition) is 0. The average Bonchev–Trinajstić information content (AvgIpc) is 3.25. The number of fused-ring (bicyclic) bond motifs is 1. The molecule has 4 rings (SSSR count). The molecular weight excluding hydrogens is 534 g/mol. The van der Waals surface area contributed by atoms with Gasteiger partial charge in [0.2, 0.25) is 5.91 Å². The summed E-state index contributed by atoms with van der Waals surface area (Å²) >= 11 is 7.44. The van der Waals surface area contributed by atoms with Crippen LogP contribution in [0.15, 0.2) is 64.8 Å². The van der Waals surface area contributed by atoms with E-state index in [1.54, 1.807) is 58.9 Å². The van der Waals surface area contributed by atoms with Crippen LogP contribution in [0.1, 0.15) is 37.0 Å². The Bertz CT molecular complexity index is 1520. The van der Waals surface area contributed by atoms with E-state index in [2.05, 4.69) is 4.99 Å². The number of allylic oxidation sites excluding steroid dienone is 1. The maximum absolute atomic E-state index is 12.9. The van der Waals surface area contributed by atoms with Gasteiger partial charge in [0.1, 0.15) is 0 Å². The normalized spacial score (nSPS) is 15.5. The van der Waals surface area contributed by atoms with Crippen LogP contribution in [0.5, 0.6) is 0 Å². The van der Waals surface area contributed by atoms with Crippen molar-refractivity contribution >= 4 is 55.5 Å². The van der Waals surface area contributed by atoms with Crippen molar-refractivity contribution in [3.63, 3.8) is 0 Å². The number of carbonyl (C=O) groups excluding carboxylic acids is 2. The standard InChI is InChI=1S/C26H28ClN3O5S2/c1-3-13-35-26(32)28-25-29(2)17-23(36-25)18-8-11-30(12-9-18)24(31)10-14-37(33,34)22-7-5-19-15-21(27)6-4-20(19)16-22/h3-7,13,15-18H,8-12,14H2,1-2H3/b13-3+,28-25?. The summed E-state index contributed by atoms with van der Waals surface area (Å²) in [5, 5.41) is 2.23. The molecule has 0 saturated carbocycles. The molecule has 11 heteroatoms. The van der Waals surface area contributed by atoms with Gasteiger partial charge in [0, 0.05) is 42.7 Å². The Morgan fingerprint density at radius 2 is 1.86 bits per heavy atom. The number of hydrogen-bond acceptors (Lipinski definition) is 6. The number of aryl methyl sites for hydroxylation is 1. The van der Waals surface area contributed by atoms with Gasteiger partial charge in [-0.15, -0.1) is 16.3 Å². The van der Waals surface area contributed by atoms with Gasteiger partial charge in [-0.05, 0) is 60.7 Å². The monoisotopic (exact) mass is 561 g/mol. The molecule has 2 aromatic carbocycles. The summed E-state index contributed by atoms with van der Waals surface area (Å²) in [7, 11) is -1.78. The highest BCUT2D eigenvalue weighted by Gasteiger charge is 2.26. The van der Waals surface area contributed by atoms with Gasteiger partial charge >= 0.3 is 6.09 Å². The van der Waals surface area contributed by atoms with Crippen molar-refractivity contribution in [1.29, 1.82) is 0 Å². The smallest absolute Gasteiger partial charge is 0.417 e. The lowest BCUT2D eigenvalue weighted by Gasteiger charge is -2.31. The summed E-state index contributed by atoms with van der Waals surface area (Å²) in [5.74, 6) is -0.154. The van der Waals surface area contributed by atoms with Crippen LogP contribution in [0.3, 0.4) is 0 Å². The molecule has 8 nitrogen and oxygen atoms in total. The molecular formula is C26H28ClN3O5S2. The van der Waals surface area contributed by atoms with E-state index in [-0.39, 0.29) is 28.9 Å². The van der Waals surface area contributed by atoms with Crippen LogP contribution >= 0.6 is 22.9 Å². The Morgan fingerprint density at radius 1 is 1.16 bits per heavy atom. The first-order valence-electron chi connectivity index (χ1n) is 11.9. The molecule has 0 atom stereocenters. The predicted octanol–water partition coefficient (Wildman–Crippen LogP) is 5.03. The molecule has 2 amide bonds. The zero-order valence-electron chi connectivity index (χ0n) is 20.6. The van der Waals surface area contributed by atoms with Crippen molar-refractivity contribution in [3.8, 4) is 0 Å². The molecule has 0 aliphatic carbocycles. The largest absolute Gasteiger partial charge is 0.441 e. The first kappa shape index (κ1) is 27.1. The Labute approximate surface area is 224 Å². The number of nitrogens with zero attached hydrogens (tertiary/aromatic N) is 3. The van der Waals surface area contributed by atoms with Crippen LogP contribution in [0.25, 0.3) is 10.8 Å². The van der Waals surface area contributed by atoms with Crippen molar-refractivity contribution in [2.75, 3.05) is 18.8 Å². The molecule has 0 spiro atoms. The van der Waals surface area contributed by atoms with E-state index in [4.69, 9.17) is 16.3 Å². The maximum Gasteiger partial charge on any atom is 0.441 e. The topological polar surface area (TPSA) is 98.0 Å². The van der Waals surface area contributed by atoms with Gasteiger partial charge in [-0.2, -0.15) is 0 Å². The first-order valence-corrected chi connectivity index (χ1v) is 14.7. The maximum atomic E-state index is 12.9. The molecule has 1 saturated heterocycles. The van der Waals surface area contributed by atoms with Crippen LogP contribution in [0, 0.1) is 0 Å². The fourth-order valence-corrected chi connectivity index (χ4v) is 6.85. The van der Waals surface area contributed by atoms with Gasteiger partial charge in [0.05, 0.1) is 16.9 Å². The van der Waals surface area contributed by atoms with Crippen LogP contribution in [0.4, 0.5) is 4.79 Å². The van der Waals surface area contributed by atoms with Gasteiger partial charge in [0.15, 0.2) is 14.6 Å². The number of sulfone groups is 1. The van der Waals surface area contributed by atoms with Gasteiger partial charge in [-0.25, -0.2) is 13.2 Å². The number of benzene rings is 2. The van der Waals surface area contributed by atoms with Gasteiger partial charge < -0.3 is 14.2 Å².